The molecule has 1 aliphatic heterocycles. The van der Waals surface area contributed by atoms with E-state index in [1.54, 1.807) is 0 Å². The molecule has 0 amide bonds. The minimum atomic E-state index is -1.47. The number of fused-ring (bicyclic) bond motifs is 1. The van der Waals surface area contributed by atoms with Crippen LogP contribution in [0, 0.1) is 6.08 Å². The summed E-state index contributed by atoms with van der Waals surface area (Å²) in [7, 11) is 0. The first-order chi connectivity index (χ1) is 10.0. The number of nitrogens with zero attached hydrogens (tertiary/aromatic N) is 4. The molecule has 0 saturated carbocycles. The second-order valence-electron chi connectivity index (χ2n) is 4.91. The van der Waals surface area contributed by atoms with Gasteiger partial charge in [-0.25, -0.2) is 4.98 Å². The summed E-state index contributed by atoms with van der Waals surface area (Å²) in [4.78, 5) is 11.0. The molecule has 0 spiro atoms. The molecule has 2 aromatic rings. The SMILES string of the molecule is Nc1nc(F)nc2c1ncn2[C@H]1C[C@H](O)C(CO)(CO)O1. The van der Waals surface area contributed by atoms with Crippen molar-refractivity contribution in [2.75, 3.05) is 18.9 Å². The number of aromatic nitrogens is 4. The number of aliphatic hydroxyl groups excluding tert-OH is 3. The van der Waals surface area contributed by atoms with Gasteiger partial charge in [0.2, 0.25) is 0 Å². The largest absolute Gasteiger partial charge is 0.393 e. The summed E-state index contributed by atoms with van der Waals surface area (Å²) in [6.07, 6.45) is -1.44. The number of anilines is 1. The van der Waals surface area contributed by atoms with Gasteiger partial charge >= 0.3 is 6.08 Å². The molecule has 0 aromatic carbocycles. The van der Waals surface area contributed by atoms with E-state index in [0.717, 1.165) is 0 Å². The van der Waals surface area contributed by atoms with Crippen molar-refractivity contribution in [2.45, 2.75) is 24.4 Å². The van der Waals surface area contributed by atoms with Crippen molar-refractivity contribution in [3.05, 3.63) is 12.4 Å². The van der Waals surface area contributed by atoms with Crippen molar-refractivity contribution >= 4 is 17.0 Å². The zero-order valence-corrected chi connectivity index (χ0v) is 10.8. The van der Waals surface area contributed by atoms with Crippen molar-refractivity contribution < 1.29 is 24.4 Å². The third-order valence-corrected chi connectivity index (χ3v) is 3.67. The van der Waals surface area contributed by atoms with E-state index < -0.39 is 37.2 Å². The van der Waals surface area contributed by atoms with Crippen LogP contribution in [0.4, 0.5) is 10.2 Å². The number of nitrogen functional groups attached to an aromatic ring is 1. The maximum atomic E-state index is 13.3. The molecule has 2 atom stereocenters. The Bertz CT molecular complexity index is 674. The van der Waals surface area contributed by atoms with E-state index in [0.29, 0.717) is 0 Å². The van der Waals surface area contributed by atoms with Crippen molar-refractivity contribution in [3.63, 3.8) is 0 Å². The number of rotatable bonds is 3. The van der Waals surface area contributed by atoms with Crippen molar-refractivity contribution in [3.8, 4) is 0 Å². The Balaban J connectivity index is 2.03. The quantitative estimate of drug-likeness (QED) is 0.505. The van der Waals surface area contributed by atoms with E-state index in [2.05, 4.69) is 15.0 Å². The molecule has 114 valence electrons. The second kappa shape index (κ2) is 4.84. The number of imidazole rings is 1. The van der Waals surface area contributed by atoms with Gasteiger partial charge in [0.25, 0.3) is 0 Å². The molecular weight excluding hydrogens is 285 g/mol. The molecular formula is C11H14FN5O4. The molecule has 2 aromatic heterocycles. The van der Waals surface area contributed by atoms with Gasteiger partial charge in [0.15, 0.2) is 17.0 Å². The van der Waals surface area contributed by atoms with Crippen molar-refractivity contribution in [2.24, 2.45) is 0 Å². The highest BCUT2D eigenvalue weighted by molar-refractivity contribution is 5.81. The van der Waals surface area contributed by atoms with E-state index >= 15 is 0 Å². The van der Waals surface area contributed by atoms with Gasteiger partial charge in [-0.3, -0.25) is 4.57 Å². The standard InChI is InChI=1S/C11H14FN5O4/c12-10-15-8(13)7-9(16-10)17(4-14-7)6-1-5(20)11(2-18,3-19)21-6/h4-6,18-20H,1-3H2,(H2,13,15,16)/t5-,6+/m0/s1. The lowest BCUT2D eigenvalue weighted by atomic mass is 9.99. The molecule has 5 N–H and O–H groups in total. The average Bonchev–Trinajstić information content (AvgIpc) is 3.00. The van der Waals surface area contributed by atoms with Gasteiger partial charge < -0.3 is 25.8 Å². The summed E-state index contributed by atoms with van der Waals surface area (Å²) < 4.78 is 20.2. The number of ether oxygens (including phenoxy) is 1. The van der Waals surface area contributed by atoms with Gasteiger partial charge in [0, 0.05) is 6.42 Å². The fourth-order valence-corrected chi connectivity index (χ4v) is 2.43. The average molecular weight is 299 g/mol. The molecule has 0 bridgehead atoms. The fraction of sp³-hybridized carbons (Fsp3) is 0.545. The number of hydrogen-bond donors (Lipinski definition) is 4. The molecule has 9 nitrogen and oxygen atoms in total. The van der Waals surface area contributed by atoms with Crippen LogP contribution in [0.15, 0.2) is 6.33 Å². The molecule has 21 heavy (non-hydrogen) atoms. The summed E-state index contributed by atoms with van der Waals surface area (Å²) in [5.74, 6) is -0.106. The first-order valence-electron chi connectivity index (χ1n) is 6.24. The van der Waals surface area contributed by atoms with Crippen molar-refractivity contribution in [1.29, 1.82) is 0 Å². The Morgan fingerprint density at radius 2 is 2.14 bits per heavy atom. The normalized spacial score (nSPS) is 24.8. The van der Waals surface area contributed by atoms with Gasteiger partial charge in [-0.2, -0.15) is 14.4 Å². The summed E-state index contributed by atoms with van der Waals surface area (Å²) in [6, 6.07) is 0. The lowest BCUT2D eigenvalue weighted by molar-refractivity contribution is -0.148. The van der Waals surface area contributed by atoms with Crippen LogP contribution in [-0.2, 0) is 4.74 Å². The summed E-state index contributed by atoms with van der Waals surface area (Å²) in [6.45, 7) is -1.11. The van der Waals surface area contributed by atoms with Crippen LogP contribution in [0.2, 0.25) is 0 Å². The first-order valence-corrected chi connectivity index (χ1v) is 6.24. The van der Waals surface area contributed by atoms with Crippen molar-refractivity contribution in [1.82, 2.24) is 19.5 Å². The molecule has 3 heterocycles. The highest BCUT2D eigenvalue weighted by atomic mass is 19.1. The molecule has 0 aliphatic carbocycles. The van der Waals surface area contributed by atoms with Gasteiger partial charge in [-0.15, -0.1) is 0 Å². The monoisotopic (exact) mass is 299 g/mol. The van der Waals surface area contributed by atoms with E-state index in [9.17, 15) is 19.7 Å². The second-order valence-corrected chi connectivity index (χ2v) is 4.91. The predicted molar refractivity (Wildman–Crippen MR) is 67.3 cm³/mol. The van der Waals surface area contributed by atoms with Crippen LogP contribution in [0.5, 0.6) is 0 Å². The highest BCUT2D eigenvalue weighted by Crippen LogP contribution is 2.37. The summed E-state index contributed by atoms with van der Waals surface area (Å²) >= 11 is 0. The Morgan fingerprint density at radius 1 is 1.43 bits per heavy atom. The van der Waals surface area contributed by atoms with E-state index in [-0.39, 0.29) is 23.4 Å². The zero-order valence-electron chi connectivity index (χ0n) is 10.8. The highest BCUT2D eigenvalue weighted by Gasteiger charge is 2.48. The van der Waals surface area contributed by atoms with Crippen LogP contribution < -0.4 is 5.73 Å². The van der Waals surface area contributed by atoms with Crippen LogP contribution in [0.25, 0.3) is 11.2 Å². The fourth-order valence-electron chi connectivity index (χ4n) is 2.43. The predicted octanol–water partition coefficient (Wildman–Crippen LogP) is -1.45. The third kappa shape index (κ3) is 2.03. The molecule has 1 saturated heterocycles. The molecule has 3 rings (SSSR count). The molecule has 0 radical (unpaired) electrons. The minimum absolute atomic E-state index is 0.0815. The molecule has 1 aliphatic rings. The lowest BCUT2D eigenvalue weighted by Crippen LogP contribution is -2.46. The maximum Gasteiger partial charge on any atom is 0.312 e. The van der Waals surface area contributed by atoms with Gasteiger partial charge in [0.1, 0.15) is 11.8 Å². The topological polar surface area (TPSA) is 140 Å². The Hall–Kier alpha value is -1.88. The smallest absolute Gasteiger partial charge is 0.312 e. The maximum absolute atomic E-state index is 13.3. The van der Waals surface area contributed by atoms with Gasteiger partial charge in [-0.05, 0) is 0 Å². The molecule has 0 unspecified atom stereocenters. The van der Waals surface area contributed by atoms with Crippen LogP contribution in [0.1, 0.15) is 12.6 Å². The molecule has 1 fully saturated rings. The number of aliphatic hydroxyl groups is 3. The number of nitrogens with two attached hydrogens (primary N) is 1. The van der Waals surface area contributed by atoms with Crippen LogP contribution in [-0.4, -0.2) is 59.8 Å². The lowest BCUT2D eigenvalue weighted by Gasteiger charge is -2.27. The Labute approximate surface area is 117 Å². The van der Waals surface area contributed by atoms with Gasteiger partial charge in [0.05, 0.1) is 25.6 Å². The van der Waals surface area contributed by atoms with E-state index in [1.165, 1.54) is 10.9 Å². The van der Waals surface area contributed by atoms with Crippen LogP contribution in [0.3, 0.4) is 0 Å². The summed E-state index contributed by atoms with van der Waals surface area (Å²) in [5.41, 5.74) is 4.41. The zero-order chi connectivity index (χ0) is 15.2. The molecule has 10 heteroatoms. The van der Waals surface area contributed by atoms with E-state index in [1.807, 2.05) is 0 Å². The number of halogens is 1. The summed E-state index contributed by atoms with van der Waals surface area (Å²) in [5, 5.41) is 28.6. The third-order valence-electron chi connectivity index (χ3n) is 3.67. The minimum Gasteiger partial charge on any atom is -0.393 e. The van der Waals surface area contributed by atoms with Crippen LogP contribution >= 0.6 is 0 Å². The first kappa shape index (κ1) is 14.1. The Morgan fingerprint density at radius 3 is 2.76 bits per heavy atom. The Kier molecular flexibility index (Phi) is 3.24. The van der Waals surface area contributed by atoms with E-state index in [4.69, 9.17) is 10.5 Å². The van der Waals surface area contributed by atoms with Gasteiger partial charge in [-0.1, -0.05) is 0 Å². The number of hydrogen-bond acceptors (Lipinski definition) is 8.